The Morgan fingerprint density at radius 2 is 1.07 bits per heavy atom. The molecule has 20 nitrogen and oxygen atoms in total. The standard InChI is InChI=1S/C29H42Cl2N8O12P4S4/c1-58-27-36-17-15(9-34-19(17)25(32)38-27)13-7-11(21(40)23(13)42)3-5-52(44,56)50-54(46,47)29(30,31)55(48,49)51-53(45,57)6-4-12-8-14(24(43)22(12)41)16-10-35-20-18(16)37-28(59-2)39-26(20)33/h9-16,21-24,40-43H,3-8H2,1-2H3,(H,44,56)(H,45,57)(H,46,47)(H,48,49)(H2,32,36,38)(H2,33,37,39)/t11-,12-,13-,14-,15?,16?,21+,22+,23-,24-,52?,53?/m0/s1. The molecule has 2 aliphatic carbocycles. The van der Waals surface area contributed by atoms with Crippen LogP contribution < -0.4 is 11.5 Å². The fourth-order valence-electron chi connectivity index (χ4n) is 7.89. The Balaban J connectivity index is 1.05. The van der Waals surface area contributed by atoms with Gasteiger partial charge in [0.2, 0.25) is 0 Å². The maximum absolute atomic E-state index is 13.4. The van der Waals surface area contributed by atoms with Gasteiger partial charge in [-0.1, -0.05) is 46.7 Å². The van der Waals surface area contributed by atoms with Crippen LogP contribution in [-0.2, 0) is 41.4 Å². The lowest BCUT2D eigenvalue weighted by Crippen LogP contribution is -2.31. The van der Waals surface area contributed by atoms with Gasteiger partial charge in [-0.2, -0.15) is 0 Å². The summed E-state index contributed by atoms with van der Waals surface area (Å²) < 4.78 is 33.0. The van der Waals surface area contributed by atoms with Crippen LogP contribution in [0.2, 0.25) is 0 Å². The van der Waals surface area contributed by atoms with Crippen molar-refractivity contribution >= 4 is 134 Å². The summed E-state index contributed by atoms with van der Waals surface area (Å²) in [4.78, 5) is 69.5. The van der Waals surface area contributed by atoms with Gasteiger partial charge in [-0.05, 0) is 73.6 Å². The number of nitrogens with two attached hydrogens (primary N) is 2. The summed E-state index contributed by atoms with van der Waals surface area (Å²) in [5.41, 5.74) is 13.8. The van der Waals surface area contributed by atoms with Crippen LogP contribution in [0.1, 0.15) is 48.9 Å². The van der Waals surface area contributed by atoms with Crippen LogP contribution in [0.15, 0.2) is 20.3 Å². The fourth-order valence-corrected chi connectivity index (χ4v) is 19.5. The molecule has 0 amide bonds. The summed E-state index contributed by atoms with van der Waals surface area (Å²) in [6.45, 7) is -8.76. The van der Waals surface area contributed by atoms with Crippen LogP contribution >= 0.6 is 74.9 Å². The third-order valence-electron chi connectivity index (χ3n) is 10.9. The molecule has 2 aliphatic heterocycles. The number of alkyl halides is 2. The van der Waals surface area contributed by atoms with E-state index in [1.54, 1.807) is 24.9 Å². The maximum Gasteiger partial charge on any atom is 0.382 e. The Bertz CT molecular complexity index is 2090. The lowest BCUT2D eigenvalue weighted by molar-refractivity contribution is 0.00233. The first-order valence-corrected chi connectivity index (χ1v) is 29.7. The molecule has 0 saturated heterocycles. The van der Waals surface area contributed by atoms with Crippen molar-refractivity contribution < 1.29 is 57.8 Å². The van der Waals surface area contributed by atoms with Gasteiger partial charge in [0.25, 0.3) is 0 Å². The number of rotatable bonds is 16. The van der Waals surface area contributed by atoms with Gasteiger partial charge in [-0.3, -0.25) is 19.1 Å². The lowest BCUT2D eigenvalue weighted by Gasteiger charge is -2.32. The van der Waals surface area contributed by atoms with E-state index in [0.717, 1.165) is 0 Å². The second-order valence-electron chi connectivity index (χ2n) is 14.6. The molecule has 0 radical (unpaired) electrons. The first kappa shape index (κ1) is 48.2. The molecule has 328 valence electrons. The van der Waals surface area contributed by atoms with Gasteiger partial charge < -0.3 is 51.5 Å². The zero-order chi connectivity index (χ0) is 43.6. The third kappa shape index (κ3) is 9.74. The number of nitrogen functional groups attached to an aromatic ring is 2. The summed E-state index contributed by atoms with van der Waals surface area (Å²) in [6.07, 6.45) is 0.539. The van der Waals surface area contributed by atoms with E-state index < -0.39 is 104 Å². The molecule has 2 saturated carbocycles. The Morgan fingerprint density at radius 3 is 1.41 bits per heavy atom. The number of aliphatic imine (C=N–C) groups is 2. The monoisotopic (exact) mass is 1020 g/mol. The molecule has 6 unspecified atom stereocenters. The molecule has 2 aromatic rings. The van der Waals surface area contributed by atoms with Crippen molar-refractivity contribution in [3.05, 3.63) is 11.4 Å². The van der Waals surface area contributed by atoms with Crippen molar-refractivity contribution in [1.29, 1.82) is 0 Å². The van der Waals surface area contributed by atoms with Crippen LogP contribution in [0.5, 0.6) is 0 Å². The molecular formula is C29H42Cl2N8O12P4S4. The highest BCUT2D eigenvalue weighted by Crippen LogP contribution is 2.83. The number of nitrogens with zero attached hydrogens (tertiary/aromatic N) is 6. The number of aromatic nitrogens is 4. The Hall–Kier alpha value is -0.260. The predicted molar refractivity (Wildman–Crippen MR) is 234 cm³/mol. The molecule has 4 heterocycles. The van der Waals surface area contributed by atoms with Gasteiger partial charge in [-0.25, -0.2) is 28.6 Å². The summed E-state index contributed by atoms with van der Waals surface area (Å²) >= 11 is 24.7. The number of thioether (sulfide) groups is 2. The molecule has 14 atom stereocenters. The van der Waals surface area contributed by atoms with E-state index >= 15 is 0 Å². The smallest absolute Gasteiger partial charge is 0.382 e. The summed E-state index contributed by atoms with van der Waals surface area (Å²) in [5.74, 6) is -3.32. The van der Waals surface area contributed by atoms with Gasteiger partial charge in [0.15, 0.2) is 34.9 Å². The number of aliphatic hydroxyl groups is 4. The predicted octanol–water partition coefficient (Wildman–Crippen LogP) is 3.77. The topological polar surface area (TPSA) is 343 Å². The molecule has 59 heavy (non-hydrogen) atoms. The van der Waals surface area contributed by atoms with Crippen LogP contribution in [0, 0.1) is 23.7 Å². The van der Waals surface area contributed by atoms with Crippen molar-refractivity contribution in [1.82, 2.24) is 19.9 Å². The molecule has 0 spiro atoms. The average Bonchev–Trinajstić information content (AvgIpc) is 3.90. The van der Waals surface area contributed by atoms with E-state index in [1.807, 2.05) is 0 Å². The molecular weight excluding hydrogens is 975 g/mol. The number of hydrogen-bond acceptors (Lipinski definition) is 20. The Labute approximate surface area is 366 Å². The van der Waals surface area contributed by atoms with Crippen LogP contribution in [0.3, 0.4) is 0 Å². The average molecular weight is 1020 g/mol. The van der Waals surface area contributed by atoms with Gasteiger partial charge in [0.1, 0.15) is 11.4 Å². The quantitative estimate of drug-likeness (QED) is 0.0495. The molecule has 2 fully saturated rings. The highest BCUT2D eigenvalue weighted by Gasteiger charge is 2.64. The van der Waals surface area contributed by atoms with Crippen molar-refractivity contribution in [2.75, 3.05) is 36.3 Å². The van der Waals surface area contributed by atoms with Gasteiger partial charge in [0.05, 0.1) is 35.8 Å². The summed E-state index contributed by atoms with van der Waals surface area (Å²) in [5, 5.41) is 44.6. The number of halogens is 2. The normalized spacial score (nSPS) is 32.9. The Kier molecular flexibility index (Phi) is 14.7. The molecule has 30 heteroatoms. The zero-order valence-electron chi connectivity index (χ0n) is 30.9. The lowest BCUT2D eigenvalue weighted by atomic mass is 9.87. The van der Waals surface area contributed by atoms with Gasteiger partial charge >= 0.3 is 19.0 Å². The van der Waals surface area contributed by atoms with Crippen LogP contribution in [0.4, 0.5) is 23.0 Å². The SMILES string of the molecule is CSc1nc(N)c2c(n1)C([C@@H]1C[C@H](CCP(O)(=S)OP(=O)(O)C(Cl)(Cl)P(=O)(O)OP(O)(=S)CC[C@H]3C[C@@H](C4C=Nc5c(N)nc(SC)nc54)[C@H](O)[C@@H]3O)[C@@H](O)[C@H]1O)C=N2. The highest BCUT2D eigenvalue weighted by molar-refractivity contribution is 8.12. The molecule has 6 rings (SSSR count). The van der Waals surface area contributed by atoms with E-state index in [-0.39, 0.29) is 37.3 Å². The molecule has 2 aromatic heterocycles. The molecule has 0 aromatic carbocycles. The number of aliphatic hydroxyl groups excluding tert-OH is 4. The second kappa shape index (κ2) is 18.0. The first-order valence-electron chi connectivity index (χ1n) is 17.7. The maximum atomic E-state index is 13.4. The first-order chi connectivity index (χ1) is 27.3. The third-order valence-corrected chi connectivity index (χ3v) is 25.2. The zero-order valence-corrected chi connectivity index (χ0v) is 39.3. The minimum absolute atomic E-state index is 0.132. The van der Waals surface area contributed by atoms with Crippen molar-refractivity contribution in [2.45, 2.75) is 76.1 Å². The number of hydrogen-bond donors (Lipinski definition) is 10. The van der Waals surface area contributed by atoms with E-state index in [2.05, 4.69) is 29.9 Å². The largest absolute Gasteiger partial charge is 0.390 e. The molecule has 12 N–H and O–H groups in total. The van der Waals surface area contributed by atoms with Crippen molar-refractivity contribution in [3.63, 3.8) is 0 Å². The van der Waals surface area contributed by atoms with Crippen molar-refractivity contribution in [2.24, 2.45) is 33.7 Å². The molecule has 4 aliphatic rings. The minimum Gasteiger partial charge on any atom is -0.390 e. The van der Waals surface area contributed by atoms with Crippen LogP contribution in [0.25, 0.3) is 0 Å². The molecule has 0 bridgehead atoms. The van der Waals surface area contributed by atoms with E-state index in [1.165, 1.54) is 23.5 Å². The van der Waals surface area contributed by atoms with Gasteiger partial charge in [-0.15, -0.1) is 0 Å². The highest BCUT2D eigenvalue weighted by atomic mass is 35.5. The van der Waals surface area contributed by atoms with E-state index in [0.29, 0.717) is 33.1 Å². The van der Waals surface area contributed by atoms with Crippen LogP contribution in [-0.4, -0.2) is 125 Å². The van der Waals surface area contributed by atoms with E-state index in [4.69, 9.17) is 66.9 Å². The van der Waals surface area contributed by atoms with Gasteiger partial charge in [0, 0.05) is 48.4 Å². The Morgan fingerprint density at radius 1 is 0.712 bits per heavy atom. The minimum atomic E-state index is -5.82. The van der Waals surface area contributed by atoms with E-state index in [9.17, 15) is 49.1 Å². The number of fused-ring (bicyclic) bond motifs is 2. The summed E-state index contributed by atoms with van der Waals surface area (Å²) in [6, 6.07) is 0. The number of anilines is 2. The summed E-state index contributed by atoms with van der Waals surface area (Å²) in [7, 11) is -11.6. The van der Waals surface area contributed by atoms with Crippen molar-refractivity contribution in [3.8, 4) is 0 Å². The second-order valence-corrected chi connectivity index (χ2v) is 30.4. The fraction of sp³-hybridized carbons (Fsp3) is 0.655.